The molecule has 6 nitrogen and oxygen atoms in total. The van der Waals surface area contributed by atoms with Crippen LogP contribution in [0.2, 0.25) is 0 Å². The van der Waals surface area contributed by atoms with Crippen LogP contribution in [-0.2, 0) is 6.42 Å². The molecule has 0 saturated carbocycles. The molecule has 0 saturated heterocycles. The highest BCUT2D eigenvalue weighted by Gasteiger charge is 2.06. The number of nitrogens with one attached hydrogen (secondary N) is 1. The molecule has 0 unspecified atom stereocenters. The number of benzene rings is 1. The van der Waals surface area contributed by atoms with Crippen LogP contribution in [0.5, 0.6) is 11.5 Å². The topological polar surface area (TPSA) is 90.2 Å². The number of aromatic amines is 1. The van der Waals surface area contributed by atoms with Crippen molar-refractivity contribution in [3.05, 3.63) is 45.9 Å². The molecule has 0 atom stereocenters. The maximum atomic E-state index is 11.7. The number of hydrogen-bond donors (Lipinski definition) is 2. The highest BCUT2D eigenvalue weighted by atomic mass is 16.5. The number of rotatable bonds is 4. The van der Waals surface area contributed by atoms with Gasteiger partial charge in [-0.05, 0) is 17.7 Å². The van der Waals surface area contributed by atoms with Crippen molar-refractivity contribution in [3.8, 4) is 11.5 Å². The largest absolute Gasteiger partial charge is 0.497 e. The van der Waals surface area contributed by atoms with Crippen LogP contribution in [0.15, 0.2) is 29.2 Å². The molecular formula is C13H15N3O3. The molecule has 0 aliphatic carbocycles. The maximum absolute atomic E-state index is 11.7. The van der Waals surface area contributed by atoms with E-state index in [1.54, 1.807) is 20.3 Å². The summed E-state index contributed by atoms with van der Waals surface area (Å²) >= 11 is 0. The Morgan fingerprint density at radius 2 is 1.84 bits per heavy atom. The Balaban J connectivity index is 2.34. The summed E-state index contributed by atoms with van der Waals surface area (Å²) in [4.78, 5) is 18.1. The first-order valence-corrected chi connectivity index (χ1v) is 5.68. The molecule has 2 aromatic rings. The van der Waals surface area contributed by atoms with Crippen molar-refractivity contribution in [2.45, 2.75) is 6.42 Å². The zero-order chi connectivity index (χ0) is 13.8. The van der Waals surface area contributed by atoms with E-state index in [1.807, 2.05) is 12.1 Å². The Bertz CT molecular complexity index is 615. The molecule has 0 amide bonds. The lowest BCUT2D eigenvalue weighted by atomic mass is 10.1. The van der Waals surface area contributed by atoms with Crippen molar-refractivity contribution in [1.82, 2.24) is 9.97 Å². The van der Waals surface area contributed by atoms with Crippen molar-refractivity contribution in [2.75, 3.05) is 20.0 Å². The maximum Gasteiger partial charge on any atom is 0.255 e. The molecule has 1 aromatic carbocycles. The number of methoxy groups -OCH3 is 2. The van der Waals surface area contributed by atoms with Gasteiger partial charge in [0.1, 0.15) is 11.5 Å². The van der Waals surface area contributed by atoms with Crippen molar-refractivity contribution in [1.29, 1.82) is 0 Å². The summed E-state index contributed by atoms with van der Waals surface area (Å²) < 4.78 is 10.4. The minimum absolute atomic E-state index is 0.108. The average molecular weight is 261 g/mol. The van der Waals surface area contributed by atoms with Crippen molar-refractivity contribution >= 4 is 5.95 Å². The molecule has 0 fully saturated rings. The Kier molecular flexibility index (Phi) is 3.70. The first-order chi connectivity index (χ1) is 9.12. The Morgan fingerprint density at radius 1 is 1.21 bits per heavy atom. The van der Waals surface area contributed by atoms with Gasteiger partial charge in [0.2, 0.25) is 0 Å². The normalized spacial score (nSPS) is 10.2. The van der Waals surface area contributed by atoms with Gasteiger partial charge in [0, 0.05) is 24.2 Å². The minimum atomic E-state index is -0.241. The van der Waals surface area contributed by atoms with Gasteiger partial charge in [-0.2, -0.15) is 0 Å². The summed E-state index contributed by atoms with van der Waals surface area (Å²) in [6, 6.07) is 5.46. The summed E-state index contributed by atoms with van der Waals surface area (Å²) in [7, 11) is 3.16. The third-order valence-electron chi connectivity index (χ3n) is 2.70. The Morgan fingerprint density at radius 3 is 2.37 bits per heavy atom. The van der Waals surface area contributed by atoms with E-state index in [0.29, 0.717) is 23.5 Å². The second-order valence-corrected chi connectivity index (χ2v) is 4.02. The van der Waals surface area contributed by atoms with E-state index >= 15 is 0 Å². The molecular weight excluding hydrogens is 246 g/mol. The van der Waals surface area contributed by atoms with E-state index in [2.05, 4.69) is 9.97 Å². The molecule has 1 heterocycles. The number of H-pyrrole nitrogens is 1. The smallest absolute Gasteiger partial charge is 0.255 e. The molecule has 1 aromatic heterocycles. The van der Waals surface area contributed by atoms with Crippen LogP contribution in [-0.4, -0.2) is 24.2 Å². The Hall–Kier alpha value is -2.50. The van der Waals surface area contributed by atoms with Crippen molar-refractivity contribution < 1.29 is 9.47 Å². The van der Waals surface area contributed by atoms with Gasteiger partial charge in [-0.1, -0.05) is 0 Å². The van der Waals surface area contributed by atoms with Gasteiger partial charge >= 0.3 is 0 Å². The van der Waals surface area contributed by atoms with Crippen LogP contribution in [0.4, 0.5) is 5.95 Å². The molecule has 0 aliphatic heterocycles. The second-order valence-electron chi connectivity index (χ2n) is 4.02. The predicted molar refractivity (Wildman–Crippen MR) is 71.6 cm³/mol. The van der Waals surface area contributed by atoms with Crippen LogP contribution in [0.1, 0.15) is 11.1 Å². The summed E-state index contributed by atoms with van der Waals surface area (Å²) in [6.07, 6.45) is 1.90. The fraction of sp³-hybridized carbons (Fsp3) is 0.231. The fourth-order valence-corrected chi connectivity index (χ4v) is 1.75. The lowest BCUT2D eigenvalue weighted by Crippen LogP contribution is -2.15. The van der Waals surface area contributed by atoms with Gasteiger partial charge in [-0.25, -0.2) is 4.98 Å². The van der Waals surface area contributed by atoms with Crippen molar-refractivity contribution in [2.24, 2.45) is 0 Å². The quantitative estimate of drug-likeness (QED) is 0.855. The number of nitrogens with two attached hydrogens (primary N) is 1. The fourth-order valence-electron chi connectivity index (χ4n) is 1.75. The van der Waals surface area contributed by atoms with E-state index in [9.17, 15) is 4.79 Å². The number of hydrogen-bond acceptors (Lipinski definition) is 5. The molecule has 19 heavy (non-hydrogen) atoms. The molecule has 6 heteroatoms. The van der Waals surface area contributed by atoms with E-state index in [4.69, 9.17) is 15.2 Å². The highest BCUT2D eigenvalue weighted by Crippen LogP contribution is 2.23. The summed E-state index contributed by atoms with van der Waals surface area (Å²) in [6.45, 7) is 0. The molecule has 100 valence electrons. The van der Waals surface area contributed by atoms with E-state index in [0.717, 1.165) is 5.56 Å². The van der Waals surface area contributed by atoms with E-state index in [-0.39, 0.29) is 11.5 Å². The molecule has 0 radical (unpaired) electrons. The number of anilines is 1. The van der Waals surface area contributed by atoms with Gasteiger partial charge in [-0.3, -0.25) is 9.78 Å². The van der Waals surface area contributed by atoms with Crippen LogP contribution < -0.4 is 20.8 Å². The van der Waals surface area contributed by atoms with Crippen LogP contribution >= 0.6 is 0 Å². The highest BCUT2D eigenvalue weighted by molar-refractivity contribution is 5.40. The van der Waals surface area contributed by atoms with Gasteiger partial charge in [0.05, 0.1) is 14.2 Å². The zero-order valence-electron chi connectivity index (χ0n) is 10.8. The molecule has 2 rings (SSSR count). The lowest BCUT2D eigenvalue weighted by Gasteiger charge is -2.08. The van der Waals surface area contributed by atoms with Crippen LogP contribution in [0, 0.1) is 0 Å². The average Bonchev–Trinajstić information content (AvgIpc) is 2.41. The Labute approximate surface area is 110 Å². The van der Waals surface area contributed by atoms with E-state index in [1.165, 1.54) is 6.20 Å². The molecule has 0 aliphatic rings. The summed E-state index contributed by atoms with van der Waals surface area (Å²) in [5, 5.41) is 0. The third kappa shape index (κ3) is 3.04. The zero-order valence-corrected chi connectivity index (χ0v) is 10.8. The summed E-state index contributed by atoms with van der Waals surface area (Å²) in [5.41, 5.74) is 6.59. The standard InChI is InChI=1S/C13H15N3O3/c1-18-10-4-8(5-11(6-10)19-2)3-9-7-15-13(14)16-12(9)17/h4-7H,3H2,1-2H3,(H3,14,15,16,17). The van der Waals surface area contributed by atoms with Gasteiger partial charge in [-0.15, -0.1) is 0 Å². The minimum Gasteiger partial charge on any atom is -0.497 e. The first kappa shape index (κ1) is 12.9. The predicted octanol–water partition coefficient (Wildman–Crippen LogP) is 0.960. The van der Waals surface area contributed by atoms with Gasteiger partial charge < -0.3 is 15.2 Å². The number of nitrogens with zero attached hydrogens (tertiary/aromatic N) is 1. The third-order valence-corrected chi connectivity index (χ3v) is 2.70. The molecule has 0 bridgehead atoms. The lowest BCUT2D eigenvalue weighted by molar-refractivity contribution is 0.393. The SMILES string of the molecule is COc1cc(Cc2cnc(N)[nH]c2=O)cc(OC)c1. The van der Waals surface area contributed by atoms with Gasteiger partial charge in [0.15, 0.2) is 5.95 Å². The number of ether oxygens (including phenoxy) is 2. The van der Waals surface area contributed by atoms with Crippen LogP contribution in [0.25, 0.3) is 0 Å². The summed E-state index contributed by atoms with van der Waals surface area (Å²) in [5.74, 6) is 1.46. The second kappa shape index (κ2) is 5.43. The van der Waals surface area contributed by atoms with Crippen molar-refractivity contribution in [3.63, 3.8) is 0 Å². The van der Waals surface area contributed by atoms with Gasteiger partial charge in [0.25, 0.3) is 5.56 Å². The van der Waals surface area contributed by atoms with Crippen LogP contribution in [0.3, 0.4) is 0 Å². The van der Waals surface area contributed by atoms with E-state index < -0.39 is 0 Å². The monoisotopic (exact) mass is 261 g/mol. The number of aromatic nitrogens is 2. The molecule has 0 spiro atoms. The first-order valence-electron chi connectivity index (χ1n) is 5.68. The number of nitrogen functional groups attached to an aromatic ring is 1. The molecule has 3 N–H and O–H groups in total.